The average molecular weight is 270 g/mol. The van der Waals surface area contributed by atoms with Gasteiger partial charge >= 0.3 is 0 Å². The number of rotatable bonds is 3. The van der Waals surface area contributed by atoms with E-state index in [1.807, 2.05) is 0 Å². The van der Waals surface area contributed by atoms with Crippen LogP contribution in [0.5, 0.6) is 0 Å². The lowest BCUT2D eigenvalue weighted by molar-refractivity contribution is -0.119. The van der Waals surface area contributed by atoms with E-state index in [2.05, 4.69) is 27.2 Å². The van der Waals surface area contributed by atoms with E-state index in [4.69, 9.17) is 5.11 Å². The minimum atomic E-state index is -0.431. The quantitative estimate of drug-likeness (QED) is 0.809. The SMILES string of the molecule is CC(C(=O)Nc1cccc(C#CCO)n1)n1cccn1. The molecule has 1 amide bonds. The minimum absolute atomic E-state index is 0.214. The molecule has 2 rings (SSSR count). The molecule has 0 aliphatic rings. The Morgan fingerprint density at radius 1 is 1.50 bits per heavy atom. The van der Waals surface area contributed by atoms with Crippen LogP contribution in [0.15, 0.2) is 36.7 Å². The van der Waals surface area contributed by atoms with Crippen molar-refractivity contribution < 1.29 is 9.90 Å². The van der Waals surface area contributed by atoms with Gasteiger partial charge in [0.1, 0.15) is 24.2 Å². The van der Waals surface area contributed by atoms with Crippen molar-refractivity contribution in [3.05, 3.63) is 42.4 Å². The number of anilines is 1. The van der Waals surface area contributed by atoms with Crippen molar-refractivity contribution in [1.29, 1.82) is 0 Å². The summed E-state index contributed by atoms with van der Waals surface area (Å²) in [5.41, 5.74) is 0.489. The molecule has 20 heavy (non-hydrogen) atoms. The standard InChI is InChI=1S/C14H14N4O2/c1-11(18-9-4-8-15-18)14(20)17-13-7-2-5-12(16-13)6-3-10-19/h2,4-5,7-9,11,19H,10H2,1H3,(H,16,17,20). The number of hydrogen-bond acceptors (Lipinski definition) is 4. The van der Waals surface area contributed by atoms with Gasteiger partial charge in [0.2, 0.25) is 5.91 Å². The third kappa shape index (κ3) is 3.43. The highest BCUT2D eigenvalue weighted by atomic mass is 16.2. The summed E-state index contributed by atoms with van der Waals surface area (Å²) >= 11 is 0. The number of aliphatic hydroxyl groups is 1. The first kappa shape index (κ1) is 13.8. The van der Waals surface area contributed by atoms with Crippen molar-refractivity contribution in [2.45, 2.75) is 13.0 Å². The zero-order valence-electron chi connectivity index (χ0n) is 10.9. The third-order valence-electron chi connectivity index (χ3n) is 2.60. The molecule has 102 valence electrons. The molecule has 0 aliphatic carbocycles. The van der Waals surface area contributed by atoms with Crippen LogP contribution in [0.3, 0.4) is 0 Å². The highest BCUT2D eigenvalue weighted by Crippen LogP contribution is 2.09. The maximum absolute atomic E-state index is 12.0. The van der Waals surface area contributed by atoms with Crippen molar-refractivity contribution in [2.75, 3.05) is 11.9 Å². The van der Waals surface area contributed by atoms with Gasteiger partial charge in [0, 0.05) is 12.4 Å². The van der Waals surface area contributed by atoms with Crippen LogP contribution in [-0.2, 0) is 4.79 Å². The van der Waals surface area contributed by atoms with Crippen molar-refractivity contribution >= 4 is 11.7 Å². The molecule has 2 aromatic heterocycles. The molecule has 1 unspecified atom stereocenters. The number of carbonyl (C=O) groups excluding carboxylic acids is 1. The fourth-order valence-electron chi connectivity index (χ4n) is 1.56. The van der Waals surface area contributed by atoms with Gasteiger partial charge in [-0.05, 0) is 31.0 Å². The highest BCUT2D eigenvalue weighted by molar-refractivity contribution is 5.92. The molecule has 0 saturated carbocycles. The summed E-state index contributed by atoms with van der Waals surface area (Å²) in [6.45, 7) is 1.52. The number of nitrogens with zero attached hydrogens (tertiary/aromatic N) is 3. The van der Waals surface area contributed by atoms with E-state index >= 15 is 0 Å². The maximum Gasteiger partial charge on any atom is 0.250 e. The molecule has 0 bridgehead atoms. The van der Waals surface area contributed by atoms with Crippen LogP contribution >= 0.6 is 0 Å². The summed E-state index contributed by atoms with van der Waals surface area (Å²) in [4.78, 5) is 16.2. The molecular formula is C14H14N4O2. The predicted molar refractivity (Wildman–Crippen MR) is 73.8 cm³/mol. The molecule has 1 atom stereocenters. The largest absolute Gasteiger partial charge is 0.384 e. The van der Waals surface area contributed by atoms with Gasteiger partial charge in [-0.2, -0.15) is 5.10 Å². The Balaban J connectivity index is 2.08. The van der Waals surface area contributed by atoms with E-state index in [1.54, 1.807) is 48.3 Å². The zero-order valence-corrected chi connectivity index (χ0v) is 10.9. The van der Waals surface area contributed by atoms with Gasteiger partial charge in [0.25, 0.3) is 0 Å². The molecule has 6 heteroatoms. The molecule has 2 N–H and O–H groups in total. The second-order valence-corrected chi connectivity index (χ2v) is 4.02. The first-order chi connectivity index (χ1) is 9.70. The normalized spacial score (nSPS) is 11.3. The van der Waals surface area contributed by atoms with Crippen LogP contribution in [0.2, 0.25) is 0 Å². The molecular weight excluding hydrogens is 256 g/mol. The van der Waals surface area contributed by atoms with E-state index in [0.717, 1.165) is 0 Å². The van der Waals surface area contributed by atoms with Crippen LogP contribution < -0.4 is 5.32 Å². The Morgan fingerprint density at radius 2 is 2.35 bits per heavy atom. The number of aromatic nitrogens is 3. The Hall–Kier alpha value is -2.65. The zero-order chi connectivity index (χ0) is 14.4. The van der Waals surface area contributed by atoms with Crippen molar-refractivity contribution in [1.82, 2.24) is 14.8 Å². The van der Waals surface area contributed by atoms with E-state index < -0.39 is 6.04 Å². The summed E-state index contributed by atoms with van der Waals surface area (Å²) in [5.74, 6) is 5.39. The second kappa shape index (κ2) is 6.50. The van der Waals surface area contributed by atoms with Crippen LogP contribution in [-0.4, -0.2) is 32.4 Å². The predicted octanol–water partition coefficient (Wildman–Crippen LogP) is 0.822. The number of aliphatic hydroxyl groups excluding tert-OH is 1. The monoisotopic (exact) mass is 270 g/mol. The third-order valence-corrected chi connectivity index (χ3v) is 2.60. The lowest BCUT2D eigenvalue weighted by atomic mass is 10.3. The summed E-state index contributed by atoms with van der Waals surface area (Å²) in [6.07, 6.45) is 3.34. The molecule has 0 saturated heterocycles. The second-order valence-electron chi connectivity index (χ2n) is 4.02. The van der Waals surface area contributed by atoms with E-state index in [-0.39, 0.29) is 12.5 Å². The molecule has 0 aliphatic heterocycles. The highest BCUT2D eigenvalue weighted by Gasteiger charge is 2.15. The van der Waals surface area contributed by atoms with Crippen LogP contribution in [0.1, 0.15) is 18.7 Å². The summed E-state index contributed by atoms with van der Waals surface area (Å²) in [5, 5.41) is 15.4. The first-order valence-electron chi connectivity index (χ1n) is 6.07. The number of carbonyl (C=O) groups is 1. The molecule has 0 radical (unpaired) electrons. The number of amides is 1. The Labute approximate surface area is 116 Å². The minimum Gasteiger partial charge on any atom is -0.384 e. The van der Waals surface area contributed by atoms with E-state index in [1.165, 1.54) is 0 Å². The van der Waals surface area contributed by atoms with Gasteiger partial charge < -0.3 is 10.4 Å². The number of pyridine rings is 1. The molecule has 2 aromatic rings. The fraction of sp³-hybridized carbons (Fsp3) is 0.214. The summed E-state index contributed by atoms with van der Waals surface area (Å²) in [6, 6.07) is 6.45. The van der Waals surface area contributed by atoms with Gasteiger partial charge in [-0.15, -0.1) is 0 Å². The van der Waals surface area contributed by atoms with Crippen molar-refractivity contribution in [3.63, 3.8) is 0 Å². The lowest BCUT2D eigenvalue weighted by Crippen LogP contribution is -2.24. The Bertz CT molecular complexity index is 641. The van der Waals surface area contributed by atoms with E-state index in [9.17, 15) is 4.79 Å². The first-order valence-corrected chi connectivity index (χ1v) is 6.07. The molecule has 0 fully saturated rings. The Morgan fingerprint density at radius 3 is 3.05 bits per heavy atom. The molecule has 2 heterocycles. The molecule has 6 nitrogen and oxygen atoms in total. The fourth-order valence-corrected chi connectivity index (χ4v) is 1.56. The van der Waals surface area contributed by atoms with Crippen LogP contribution in [0.4, 0.5) is 5.82 Å². The van der Waals surface area contributed by atoms with Gasteiger partial charge in [0.05, 0.1) is 0 Å². The lowest BCUT2D eigenvalue weighted by Gasteiger charge is -2.12. The van der Waals surface area contributed by atoms with E-state index in [0.29, 0.717) is 11.5 Å². The topological polar surface area (TPSA) is 80.0 Å². The van der Waals surface area contributed by atoms with Crippen LogP contribution in [0, 0.1) is 11.8 Å². The molecule has 0 aromatic carbocycles. The van der Waals surface area contributed by atoms with Gasteiger partial charge in [-0.1, -0.05) is 12.0 Å². The van der Waals surface area contributed by atoms with Gasteiger partial charge in [0.15, 0.2) is 0 Å². The van der Waals surface area contributed by atoms with Crippen LogP contribution in [0.25, 0.3) is 0 Å². The maximum atomic E-state index is 12.0. The summed E-state index contributed by atoms with van der Waals surface area (Å²) in [7, 11) is 0. The van der Waals surface area contributed by atoms with Crippen molar-refractivity contribution in [3.8, 4) is 11.8 Å². The Kier molecular flexibility index (Phi) is 4.47. The van der Waals surface area contributed by atoms with Gasteiger partial charge in [-0.3, -0.25) is 9.48 Å². The van der Waals surface area contributed by atoms with Gasteiger partial charge in [-0.25, -0.2) is 4.98 Å². The van der Waals surface area contributed by atoms with Crippen molar-refractivity contribution in [2.24, 2.45) is 0 Å². The number of hydrogen-bond donors (Lipinski definition) is 2. The summed E-state index contributed by atoms with van der Waals surface area (Å²) < 4.78 is 1.56. The molecule has 0 spiro atoms. The number of nitrogens with one attached hydrogen (secondary N) is 1. The smallest absolute Gasteiger partial charge is 0.250 e. The average Bonchev–Trinajstić information content (AvgIpc) is 2.98.